The van der Waals surface area contributed by atoms with Crippen molar-refractivity contribution in [3.63, 3.8) is 0 Å². The maximum absolute atomic E-state index is 11.0. The van der Waals surface area contributed by atoms with Crippen molar-refractivity contribution in [2.75, 3.05) is 26.3 Å². The largest absolute Gasteiger partial charge is 0.379 e. The second-order valence-electron chi connectivity index (χ2n) is 4.80. The lowest BCUT2D eigenvalue weighted by molar-refractivity contribution is -0.385. The number of nitro benzene ring substituents is 1. The van der Waals surface area contributed by atoms with Gasteiger partial charge in [-0.1, -0.05) is 12.1 Å². The molecule has 5 heteroatoms. The fourth-order valence-corrected chi connectivity index (χ4v) is 3.05. The van der Waals surface area contributed by atoms with Crippen LogP contribution in [0.25, 0.3) is 0 Å². The fourth-order valence-electron chi connectivity index (χ4n) is 3.05. The SMILES string of the molecule is O=[N+]([O-])c1cccc2c1CCC2N1CCOCC1. The summed E-state index contributed by atoms with van der Waals surface area (Å²) in [5, 5.41) is 11.0. The van der Waals surface area contributed by atoms with Gasteiger partial charge in [0.25, 0.3) is 5.69 Å². The van der Waals surface area contributed by atoms with E-state index in [0.717, 1.165) is 50.3 Å². The highest BCUT2D eigenvalue weighted by atomic mass is 16.6. The fraction of sp³-hybridized carbons (Fsp3) is 0.538. The van der Waals surface area contributed by atoms with Gasteiger partial charge in [-0.15, -0.1) is 0 Å². The van der Waals surface area contributed by atoms with E-state index >= 15 is 0 Å². The highest BCUT2D eigenvalue weighted by molar-refractivity contribution is 5.49. The molecule has 0 spiro atoms. The zero-order valence-electron chi connectivity index (χ0n) is 10.2. The maximum atomic E-state index is 11.0. The van der Waals surface area contributed by atoms with Crippen LogP contribution in [0.1, 0.15) is 23.6 Å². The average molecular weight is 248 g/mol. The van der Waals surface area contributed by atoms with E-state index in [1.165, 1.54) is 0 Å². The molecule has 1 heterocycles. The average Bonchev–Trinajstić information content (AvgIpc) is 2.83. The molecule has 2 aliphatic rings. The van der Waals surface area contributed by atoms with Crippen molar-refractivity contribution in [3.8, 4) is 0 Å². The third-order valence-electron chi connectivity index (χ3n) is 3.90. The van der Waals surface area contributed by atoms with E-state index in [4.69, 9.17) is 4.74 Å². The summed E-state index contributed by atoms with van der Waals surface area (Å²) in [5.74, 6) is 0. The monoisotopic (exact) mass is 248 g/mol. The van der Waals surface area contributed by atoms with Crippen LogP contribution >= 0.6 is 0 Å². The Morgan fingerprint density at radius 1 is 1.33 bits per heavy atom. The first-order chi connectivity index (χ1) is 8.77. The third-order valence-corrected chi connectivity index (χ3v) is 3.90. The molecular weight excluding hydrogens is 232 g/mol. The van der Waals surface area contributed by atoms with Crippen LogP contribution in [0.3, 0.4) is 0 Å². The van der Waals surface area contributed by atoms with Gasteiger partial charge in [-0.05, 0) is 18.4 Å². The molecule has 5 nitrogen and oxygen atoms in total. The number of benzene rings is 1. The molecule has 96 valence electrons. The van der Waals surface area contributed by atoms with Crippen LogP contribution in [-0.2, 0) is 11.2 Å². The lowest BCUT2D eigenvalue weighted by Crippen LogP contribution is -2.38. The van der Waals surface area contributed by atoms with Gasteiger partial charge in [-0.25, -0.2) is 0 Å². The zero-order chi connectivity index (χ0) is 12.5. The number of nitro groups is 1. The molecule has 0 N–H and O–H groups in total. The summed E-state index contributed by atoms with van der Waals surface area (Å²) in [6.07, 6.45) is 1.80. The van der Waals surface area contributed by atoms with E-state index < -0.39 is 0 Å². The number of rotatable bonds is 2. The zero-order valence-corrected chi connectivity index (χ0v) is 10.2. The van der Waals surface area contributed by atoms with Gasteiger partial charge in [0.05, 0.1) is 18.1 Å². The number of fused-ring (bicyclic) bond motifs is 1. The molecule has 0 saturated carbocycles. The van der Waals surface area contributed by atoms with Crippen molar-refractivity contribution in [1.29, 1.82) is 0 Å². The van der Waals surface area contributed by atoms with Crippen LogP contribution in [0.4, 0.5) is 5.69 Å². The van der Waals surface area contributed by atoms with Gasteiger partial charge in [0.15, 0.2) is 0 Å². The third kappa shape index (κ3) is 1.89. The van der Waals surface area contributed by atoms with E-state index in [1.807, 2.05) is 6.07 Å². The lowest BCUT2D eigenvalue weighted by atomic mass is 10.1. The van der Waals surface area contributed by atoms with Gasteiger partial charge < -0.3 is 4.74 Å². The quantitative estimate of drug-likeness (QED) is 0.592. The van der Waals surface area contributed by atoms with Crippen LogP contribution in [0.15, 0.2) is 18.2 Å². The second-order valence-corrected chi connectivity index (χ2v) is 4.80. The molecule has 0 bridgehead atoms. The van der Waals surface area contributed by atoms with Crippen LogP contribution in [0.5, 0.6) is 0 Å². The van der Waals surface area contributed by atoms with Gasteiger partial charge in [0, 0.05) is 30.8 Å². The molecular formula is C13H16N2O3. The summed E-state index contributed by atoms with van der Waals surface area (Å²) in [6.45, 7) is 3.38. The summed E-state index contributed by atoms with van der Waals surface area (Å²) in [6, 6.07) is 5.79. The predicted octanol–water partition coefficient (Wildman–Crippen LogP) is 1.91. The molecule has 1 fully saturated rings. The van der Waals surface area contributed by atoms with E-state index in [-0.39, 0.29) is 10.6 Å². The molecule has 1 aromatic rings. The number of morpholine rings is 1. The molecule has 0 amide bonds. The first-order valence-corrected chi connectivity index (χ1v) is 6.35. The summed E-state index contributed by atoms with van der Waals surface area (Å²) in [7, 11) is 0. The summed E-state index contributed by atoms with van der Waals surface area (Å²) >= 11 is 0. The minimum atomic E-state index is -0.263. The molecule has 1 aliphatic heterocycles. The van der Waals surface area contributed by atoms with Crippen molar-refractivity contribution in [3.05, 3.63) is 39.4 Å². The molecule has 0 radical (unpaired) electrons. The van der Waals surface area contributed by atoms with E-state index in [1.54, 1.807) is 12.1 Å². The Hall–Kier alpha value is -1.46. The van der Waals surface area contributed by atoms with Gasteiger partial charge in [0.1, 0.15) is 0 Å². The standard InChI is InChI=1S/C13H16N2O3/c16-15(17)13-3-1-2-10-11(13)4-5-12(10)14-6-8-18-9-7-14/h1-3,12H,4-9H2. The Morgan fingerprint density at radius 3 is 2.83 bits per heavy atom. The first-order valence-electron chi connectivity index (χ1n) is 6.35. The minimum Gasteiger partial charge on any atom is -0.379 e. The van der Waals surface area contributed by atoms with Crippen LogP contribution in [-0.4, -0.2) is 36.1 Å². The van der Waals surface area contributed by atoms with E-state index in [2.05, 4.69) is 4.90 Å². The number of hydrogen-bond acceptors (Lipinski definition) is 4. The normalized spacial score (nSPS) is 23.9. The summed E-state index contributed by atoms with van der Waals surface area (Å²) in [4.78, 5) is 13.1. The number of nitrogens with zero attached hydrogens (tertiary/aromatic N) is 2. The Balaban J connectivity index is 1.91. The Labute approximate surface area is 106 Å². The summed E-state index contributed by atoms with van der Waals surface area (Å²) in [5.41, 5.74) is 2.35. The minimum absolute atomic E-state index is 0.263. The van der Waals surface area contributed by atoms with Crippen LogP contribution < -0.4 is 0 Å². The summed E-state index contributed by atoms with van der Waals surface area (Å²) < 4.78 is 5.36. The van der Waals surface area contributed by atoms with Crippen molar-refractivity contribution in [1.82, 2.24) is 4.90 Å². The second kappa shape index (κ2) is 4.66. The molecule has 1 unspecified atom stereocenters. The van der Waals surface area contributed by atoms with Gasteiger partial charge in [-0.2, -0.15) is 0 Å². The number of ether oxygens (including phenoxy) is 1. The van der Waals surface area contributed by atoms with Crippen molar-refractivity contribution >= 4 is 5.69 Å². The van der Waals surface area contributed by atoms with Gasteiger partial charge in [-0.3, -0.25) is 15.0 Å². The molecule has 18 heavy (non-hydrogen) atoms. The molecule has 3 rings (SSSR count). The van der Waals surface area contributed by atoms with Crippen molar-refractivity contribution in [2.24, 2.45) is 0 Å². The number of hydrogen-bond donors (Lipinski definition) is 0. The smallest absolute Gasteiger partial charge is 0.272 e. The first kappa shape index (κ1) is 11.6. The van der Waals surface area contributed by atoms with Crippen LogP contribution in [0, 0.1) is 10.1 Å². The van der Waals surface area contributed by atoms with Crippen molar-refractivity contribution in [2.45, 2.75) is 18.9 Å². The highest BCUT2D eigenvalue weighted by Crippen LogP contribution is 2.40. The molecule has 1 saturated heterocycles. The molecule has 1 atom stereocenters. The van der Waals surface area contributed by atoms with Crippen LogP contribution in [0.2, 0.25) is 0 Å². The van der Waals surface area contributed by atoms with Crippen molar-refractivity contribution < 1.29 is 9.66 Å². The van der Waals surface area contributed by atoms with Gasteiger partial charge >= 0.3 is 0 Å². The van der Waals surface area contributed by atoms with Gasteiger partial charge in [0.2, 0.25) is 0 Å². The van der Waals surface area contributed by atoms with E-state index in [9.17, 15) is 10.1 Å². The Morgan fingerprint density at radius 2 is 2.11 bits per heavy atom. The lowest BCUT2D eigenvalue weighted by Gasteiger charge is -2.32. The maximum Gasteiger partial charge on any atom is 0.272 e. The topological polar surface area (TPSA) is 55.6 Å². The molecule has 1 aliphatic carbocycles. The molecule has 1 aromatic carbocycles. The van der Waals surface area contributed by atoms with E-state index in [0.29, 0.717) is 6.04 Å². The molecule has 0 aromatic heterocycles. The predicted molar refractivity (Wildman–Crippen MR) is 66.6 cm³/mol. The Kier molecular flexibility index (Phi) is 3.01. The Bertz CT molecular complexity index is 469. The highest BCUT2D eigenvalue weighted by Gasteiger charge is 2.32.